The van der Waals surface area contributed by atoms with Gasteiger partial charge in [-0.25, -0.2) is 4.68 Å². The molecular formula is C16H16N4S. The van der Waals surface area contributed by atoms with Gasteiger partial charge in [0.25, 0.3) is 0 Å². The molecule has 0 saturated carbocycles. The summed E-state index contributed by atoms with van der Waals surface area (Å²) < 4.78 is 2.04. The molecule has 21 heavy (non-hydrogen) atoms. The van der Waals surface area contributed by atoms with Gasteiger partial charge in [-0.3, -0.25) is 0 Å². The molecule has 1 aliphatic heterocycles. The van der Waals surface area contributed by atoms with Crippen LogP contribution in [-0.4, -0.2) is 21.3 Å². The predicted octanol–water partition coefficient (Wildman–Crippen LogP) is 3.72. The molecule has 0 bridgehead atoms. The lowest BCUT2D eigenvalue weighted by Crippen LogP contribution is -2.24. The third-order valence-electron chi connectivity index (χ3n) is 3.88. The van der Waals surface area contributed by atoms with Crippen LogP contribution in [0.15, 0.2) is 41.8 Å². The number of aryl methyl sites for hydroxylation is 1. The summed E-state index contributed by atoms with van der Waals surface area (Å²) in [5.41, 5.74) is 2.53. The van der Waals surface area contributed by atoms with Gasteiger partial charge in [0.1, 0.15) is 0 Å². The Morgan fingerprint density at radius 2 is 2.10 bits per heavy atom. The van der Waals surface area contributed by atoms with Crippen molar-refractivity contribution in [3.8, 4) is 10.7 Å². The van der Waals surface area contributed by atoms with Crippen LogP contribution < -0.4 is 5.32 Å². The lowest BCUT2D eigenvalue weighted by molar-refractivity contribution is 0.481. The van der Waals surface area contributed by atoms with Gasteiger partial charge in [0.2, 0.25) is 5.95 Å². The quantitative estimate of drug-likeness (QED) is 0.783. The van der Waals surface area contributed by atoms with Gasteiger partial charge in [0.05, 0.1) is 10.9 Å². The van der Waals surface area contributed by atoms with Crippen molar-refractivity contribution in [3.63, 3.8) is 0 Å². The SMILES string of the molecule is Cc1ccsc1-c1nc2n(n1)C(c1ccccc1)CCN2. The fourth-order valence-electron chi connectivity index (χ4n) is 2.79. The van der Waals surface area contributed by atoms with Crippen LogP contribution in [0.1, 0.15) is 23.6 Å². The molecule has 1 unspecified atom stereocenters. The molecule has 106 valence electrons. The molecule has 5 heteroatoms. The van der Waals surface area contributed by atoms with Gasteiger partial charge in [-0.05, 0) is 35.9 Å². The van der Waals surface area contributed by atoms with Crippen LogP contribution >= 0.6 is 11.3 Å². The monoisotopic (exact) mass is 296 g/mol. The maximum absolute atomic E-state index is 4.77. The molecule has 0 aliphatic carbocycles. The second kappa shape index (κ2) is 5.00. The Morgan fingerprint density at radius 3 is 2.86 bits per heavy atom. The number of thiophene rings is 1. The summed E-state index contributed by atoms with van der Waals surface area (Å²) in [6, 6.07) is 12.9. The largest absolute Gasteiger partial charge is 0.354 e. The van der Waals surface area contributed by atoms with Crippen molar-refractivity contribution in [2.45, 2.75) is 19.4 Å². The standard InChI is InChI=1S/C16H16N4S/c1-11-8-10-21-14(11)15-18-16-17-9-7-13(20(16)19-15)12-5-3-2-4-6-12/h2-6,8,10,13H,7,9H2,1H3,(H,17,18,19). The van der Waals surface area contributed by atoms with Gasteiger partial charge >= 0.3 is 0 Å². The number of anilines is 1. The van der Waals surface area contributed by atoms with Crippen LogP contribution in [0.3, 0.4) is 0 Å². The first-order valence-corrected chi connectivity index (χ1v) is 8.01. The number of nitrogens with one attached hydrogen (secondary N) is 1. The summed E-state index contributed by atoms with van der Waals surface area (Å²) in [5.74, 6) is 1.70. The van der Waals surface area contributed by atoms with E-state index in [4.69, 9.17) is 5.10 Å². The summed E-state index contributed by atoms with van der Waals surface area (Å²) in [6.45, 7) is 3.04. The average Bonchev–Trinajstić information content (AvgIpc) is 3.13. The van der Waals surface area contributed by atoms with Crippen LogP contribution in [0.2, 0.25) is 0 Å². The second-order valence-electron chi connectivity index (χ2n) is 5.28. The molecule has 4 rings (SSSR count). The number of fused-ring (bicyclic) bond motifs is 1. The van der Waals surface area contributed by atoms with Gasteiger partial charge < -0.3 is 5.32 Å². The Morgan fingerprint density at radius 1 is 1.24 bits per heavy atom. The minimum absolute atomic E-state index is 0.268. The fraction of sp³-hybridized carbons (Fsp3) is 0.250. The summed E-state index contributed by atoms with van der Waals surface area (Å²) in [6.07, 6.45) is 1.03. The third kappa shape index (κ3) is 2.14. The Kier molecular flexibility index (Phi) is 3.00. The Balaban J connectivity index is 1.79. The first-order valence-electron chi connectivity index (χ1n) is 7.13. The Bertz CT molecular complexity index is 760. The molecule has 0 radical (unpaired) electrons. The lowest BCUT2D eigenvalue weighted by Gasteiger charge is -2.24. The van der Waals surface area contributed by atoms with Crippen molar-refractivity contribution in [3.05, 3.63) is 52.9 Å². The molecule has 3 aromatic rings. The molecule has 0 fully saturated rings. The number of hydrogen-bond acceptors (Lipinski definition) is 4. The summed E-state index contributed by atoms with van der Waals surface area (Å²) >= 11 is 1.70. The molecule has 1 atom stereocenters. The zero-order valence-electron chi connectivity index (χ0n) is 11.8. The van der Waals surface area contributed by atoms with Crippen molar-refractivity contribution < 1.29 is 0 Å². The maximum atomic E-state index is 4.77. The third-order valence-corrected chi connectivity index (χ3v) is 4.89. The number of rotatable bonds is 2. The maximum Gasteiger partial charge on any atom is 0.222 e. The molecule has 0 spiro atoms. The van der Waals surface area contributed by atoms with E-state index in [1.165, 1.54) is 11.1 Å². The highest BCUT2D eigenvalue weighted by atomic mass is 32.1. The number of aromatic nitrogens is 3. The Hall–Kier alpha value is -2.14. The van der Waals surface area contributed by atoms with Crippen molar-refractivity contribution in [1.82, 2.24) is 14.8 Å². The van der Waals surface area contributed by atoms with Crippen LogP contribution in [-0.2, 0) is 0 Å². The molecule has 1 aliphatic rings. The molecule has 3 heterocycles. The van der Waals surface area contributed by atoms with E-state index in [0.717, 1.165) is 29.6 Å². The van der Waals surface area contributed by atoms with Crippen LogP contribution in [0, 0.1) is 6.92 Å². The van der Waals surface area contributed by atoms with Gasteiger partial charge in [-0.2, -0.15) is 4.98 Å². The minimum Gasteiger partial charge on any atom is -0.354 e. The van der Waals surface area contributed by atoms with Gasteiger partial charge in [-0.1, -0.05) is 30.3 Å². The topological polar surface area (TPSA) is 42.7 Å². The van der Waals surface area contributed by atoms with E-state index in [1.54, 1.807) is 11.3 Å². The van der Waals surface area contributed by atoms with Gasteiger partial charge in [-0.15, -0.1) is 16.4 Å². The highest BCUT2D eigenvalue weighted by Crippen LogP contribution is 2.32. The van der Waals surface area contributed by atoms with E-state index >= 15 is 0 Å². The van der Waals surface area contributed by atoms with Crippen molar-refractivity contribution >= 4 is 17.3 Å². The normalized spacial score (nSPS) is 17.3. The predicted molar refractivity (Wildman–Crippen MR) is 85.8 cm³/mol. The summed E-state index contributed by atoms with van der Waals surface area (Å²) in [7, 11) is 0. The minimum atomic E-state index is 0.268. The molecule has 4 nitrogen and oxygen atoms in total. The summed E-state index contributed by atoms with van der Waals surface area (Å²) in [5, 5.41) is 10.2. The van der Waals surface area contributed by atoms with Crippen LogP contribution in [0.25, 0.3) is 10.7 Å². The van der Waals surface area contributed by atoms with Crippen LogP contribution in [0.4, 0.5) is 5.95 Å². The molecule has 0 saturated heterocycles. The molecule has 0 amide bonds. The number of hydrogen-bond donors (Lipinski definition) is 1. The van der Waals surface area contributed by atoms with E-state index in [-0.39, 0.29) is 6.04 Å². The highest BCUT2D eigenvalue weighted by Gasteiger charge is 2.25. The van der Waals surface area contributed by atoms with Crippen LogP contribution in [0.5, 0.6) is 0 Å². The Labute approximate surface area is 127 Å². The summed E-state index contributed by atoms with van der Waals surface area (Å²) in [4.78, 5) is 5.84. The zero-order chi connectivity index (χ0) is 14.2. The van der Waals surface area contributed by atoms with Gasteiger partial charge in [0, 0.05) is 6.54 Å². The van der Waals surface area contributed by atoms with Gasteiger partial charge in [0.15, 0.2) is 5.82 Å². The fourth-order valence-corrected chi connectivity index (χ4v) is 3.64. The first-order chi connectivity index (χ1) is 10.3. The molecule has 2 aromatic heterocycles. The van der Waals surface area contributed by atoms with Crippen molar-refractivity contribution in [2.24, 2.45) is 0 Å². The average molecular weight is 296 g/mol. The van der Waals surface area contributed by atoms with E-state index in [2.05, 4.69) is 52.9 Å². The van der Waals surface area contributed by atoms with E-state index in [9.17, 15) is 0 Å². The molecular weight excluding hydrogens is 280 g/mol. The molecule has 1 N–H and O–H groups in total. The number of benzene rings is 1. The first kappa shape index (κ1) is 12.6. The smallest absolute Gasteiger partial charge is 0.222 e. The van der Waals surface area contributed by atoms with E-state index in [0.29, 0.717) is 0 Å². The number of nitrogens with zero attached hydrogens (tertiary/aromatic N) is 3. The second-order valence-corrected chi connectivity index (χ2v) is 6.19. The molecule has 1 aromatic carbocycles. The highest BCUT2D eigenvalue weighted by molar-refractivity contribution is 7.13. The lowest BCUT2D eigenvalue weighted by atomic mass is 10.0. The zero-order valence-corrected chi connectivity index (χ0v) is 12.6. The van der Waals surface area contributed by atoms with Crippen molar-refractivity contribution in [1.29, 1.82) is 0 Å². The van der Waals surface area contributed by atoms with E-state index < -0.39 is 0 Å². The van der Waals surface area contributed by atoms with E-state index in [1.807, 2.05) is 10.7 Å². The van der Waals surface area contributed by atoms with Crippen molar-refractivity contribution in [2.75, 3.05) is 11.9 Å².